The Hall–Kier alpha value is -2.82. The molecule has 4 rings (SSSR count). The number of rotatable bonds is 2. The Labute approximate surface area is 145 Å². The first-order valence-electron chi connectivity index (χ1n) is 8.49. The van der Waals surface area contributed by atoms with E-state index in [0.717, 1.165) is 29.7 Å². The quantitative estimate of drug-likeness (QED) is 0.776. The van der Waals surface area contributed by atoms with Crippen molar-refractivity contribution in [3.05, 3.63) is 65.6 Å². The van der Waals surface area contributed by atoms with Crippen molar-refractivity contribution < 1.29 is 9.18 Å². The van der Waals surface area contributed by atoms with Crippen LogP contribution < -0.4 is 4.90 Å². The van der Waals surface area contributed by atoms with Gasteiger partial charge in [-0.3, -0.25) is 4.79 Å². The number of benzene rings is 2. The maximum atomic E-state index is 13.0. The summed E-state index contributed by atoms with van der Waals surface area (Å²) in [7, 11) is 0. The minimum Gasteiger partial charge on any atom is -0.368 e. The summed E-state index contributed by atoms with van der Waals surface area (Å²) in [6.07, 6.45) is 0. The van der Waals surface area contributed by atoms with Crippen LogP contribution in [-0.2, 0) is 0 Å². The zero-order valence-corrected chi connectivity index (χ0v) is 14.1. The number of halogens is 1. The molecule has 5 heteroatoms. The summed E-state index contributed by atoms with van der Waals surface area (Å²) >= 11 is 0. The normalized spacial score (nSPS) is 15.0. The maximum absolute atomic E-state index is 13.0. The molecule has 0 saturated carbocycles. The molecule has 0 bridgehead atoms. The Balaban J connectivity index is 1.46. The van der Waals surface area contributed by atoms with E-state index >= 15 is 0 Å². The molecule has 1 aromatic heterocycles. The van der Waals surface area contributed by atoms with Crippen LogP contribution in [0, 0.1) is 12.7 Å². The fourth-order valence-corrected chi connectivity index (χ4v) is 3.35. The van der Waals surface area contributed by atoms with Crippen molar-refractivity contribution >= 4 is 22.5 Å². The summed E-state index contributed by atoms with van der Waals surface area (Å²) in [5, 5.41) is 1.05. The molecule has 1 saturated heterocycles. The number of hydrogen-bond acceptors (Lipinski definition) is 2. The number of amides is 1. The monoisotopic (exact) mass is 337 g/mol. The second-order valence-electron chi connectivity index (χ2n) is 6.53. The van der Waals surface area contributed by atoms with Crippen LogP contribution in [0.25, 0.3) is 10.9 Å². The van der Waals surface area contributed by atoms with E-state index in [1.54, 1.807) is 12.1 Å². The molecular formula is C20H20FN3O. The van der Waals surface area contributed by atoms with Crippen LogP contribution in [0.15, 0.2) is 48.5 Å². The van der Waals surface area contributed by atoms with Crippen molar-refractivity contribution in [2.24, 2.45) is 0 Å². The molecule has 1 amide bonds. The van der Waals surface area contributed by atoms with Gasteiger partial charge in [-0.05, 0) is 48.9 Å². The standard InChI is InChI=1S/C20H20FN3O/c1-14-2-3-15-13-19(22-18(15)12-14)20(25)24-10-8-23(9-11-24)17-6-4-16(21)5-7-17/h2-7,12-13,22H,8-11H2,1H3. The number of aromatic amines is 1. The van der Waals surface area contributed by atoms with E-state index < -0.39 is 0 Å². The summed E-state index contributed by atoms with van der Waals surface area (Å²) in [4.78, 5) is 20.1. The summed E-state index contributed by atoms with van der Waals surface area (Å²) in [6.45, 7) is 4.85. The fourth-order valence-electron chi connectivity index (χ4n) is 3.35. The van der Waals surface area contributed by atoms with Gasteiger partial charge in [-0.1, -0.05) is 12.1 Å². The first-order valence-corrected chi connectivity index (χ1v) is 8.49. The van der Waals surface area contributed by atoms with Crippen molar-refractivity contribution in [3.63, 3.8) is 0 Å². The maximum Gasteiger partial charge on any atom is 0.270 e. The van der Waals surface area contributed by atoms with Gasteiger partial charge < -0.3 is 14.8 Å². The van der Waals surface area contributed by atoms with Crippen LogP contribution in [0.3, 0.4) is 0 Å². The lowest BCUT2D eigenvalue weighted by molar-refractivity contribution is 0.0742. The molecule has 4 nitrogen and oxygen atoms in total. The van der Waals surface area contributed by atoms with Gasteiger partial charge in [-0.15, -0.1) is 0 Å². The van der Waals surface area contributed by atoms with E-state index in [1.807, 2.05) is 30.0 Å². The van der Waals surface area contributed by atoms with Gasteiger partial charge in [0.2, 0.25) is 0 Å². The third-order valence-electron chi connectivity index (χ3n) is 4.77. The second kappa shape index (κ2) is 6.24. The third kappa shape index (κ3) is 3.09. The minimum atomic E-state index is -0.230. The number of nitrogens with zero attached hydrogens (tertiary/aromatic N) is 2. The number of carbonyl (C=O) groups is 1. The fraction of sp³-hybridized carbons (Fsp3) is 0.250. The molecule has 1 N–H and O–H groups in total. The predicted molar refractivity (Wildman–Crippen MR) is 97.6 cm³/mol. The van der Waals surface area contributed by atoms with Crippen molar-refractivity contribution in [1.82, 2.24) is 9.88 Å². The molecule has 0 spiro atoms. The topological polar surface area (TPSA) is 39.3 Å². The number of nitrogens with one attached hydrogen (secondary N) is 1. The first-order chi connectivity index (χ1) is 12.1. The number of anilines is 1. The predicted octanol–water partition coefficient (Wildman–Crippen LogP) is 3.58. The van der Waals surface area contributed by atoms with Crippen molar-refractivity contribution in [2.75, 3.05) is 31.1 Å². The van der Waals surface area contributed by atoms with Gasteiger partial charge in [0, 0.05) is 42.8 Å². The third-order valence-corrected chi connectivity index (χ3v) is 4.77. The van der Waals surface area contributed by atoms with Gasteiger partial charge in [0.25, 0.3) is 5.91 Å². The smallest absolute Gasteiger partial charge is 0.270 e. The number of fused-ring (bicyclic) bond motifs is 1. The largest absolute Gasteiger partial charge is 0.368 e. The highest BCUT2D eigenvalue weighted by atomic mass is 19.1. The number of aryl methyl sites for hydroxylation is 1. The molecule has 0 aliphatic carbocycles. The SMILES string of the molecule is Cc1ccc2cc(C(=O)N3CCN(c4ccc(F)cc4)CC3)[nH]c2c1. The van der Waals surface area contributed by atoms with E-state index in [4.69, 9.17) is 0 Å². The zero-order chi connectivity index (χ0) is 17.4. The molecule has 128 valence electrons. The number of aromatic nitrogens is 1. The molecule has 0 radical (unpaired) electrons. The van der Waals surface area contributed by atoms with Crippen LogP contribution in [0.5, 0.6) is 0 Å². The Morgan fingerprint density at radius 2 is 1.72 bits per heavy atom. The van der Waals surface area contributed by atoms with E-state index in [9.17, 15) is 9.18 Å². The van der Waals surface area contributed by atoms with Crippen molar-refractivity contribution in [3.8, 4) is 0 Å². The first kappa shape index (κ1) is 15.7. The summed E-state index contributed by atoms with van der Waals surface area (Å²) < 4.78 is 13.0. The molecule has 2 heterocycles. The van der Waals surface area contributed by atoms with Crippen LogP contribution >= 0.6 is 0 Å². The van der Waals surface area contributed by atoms with Gasteiger partial charge >= 0.3 is 0 Å². The van der Waals surface area contributed by atoms with Crippen LogP contribution in [0.2, 0.25) is 0 Å². The number of piperazine rings is 1. The highest BCUT2D eigenvalue weighted by Crippen LogP contribution is 2.20. The van der Waals surface area contributed by atoms with E-state index in [1.165, 1.54) is 17.7 Å². The number of carbonyl (C=O) groups excluding carboxylic acids is 1. The number of H-pyrrole nitrogens is 1. The molecule has 1 aliphatic rings. The molecule has 25 heavy (non-hydrogen) atoms. The molecule has 1 fully saturated rings. The van der Waals surface area contributed by atoms with E-state index in [0.29, 0.717) is 18.8 Å². The van der Waals surface area contributed by atoms with Crippen molar-refractivity contribution in [1.29, 1.82) is 0 Å². The van der Waals surface area contributed by atoms with Crippen molar-refractivity contribution in [2.45, 2.75) is 6.92 Å². The van der Waals surface area contributed by atoms with E-state index in [2.05, 4.69) is 16.0 Å². The lowest BCUT2D eigenvalue weighted by atomic mass is 10.2. The van der Waals surface area contributed by atoms with E-state index in [-0.39, 0.29) is 11.7 Å². The molecule has 3 aromatic rings. The Morgan fingerprint density at radius 1 is 1.00 bits per heavy atom. The Morgan fingerprint density at radius 3 is 2.44 bits per heavy atom. The van der Waals surface area contributed by atoms with Crippen LogP contribution in [0.4, 0.5) is 10.1 Å². The molecule has 0 unspecified atom stereocenters. The lowest BCUT2D eigenvalue weighted by Crippen LogP contribution is -2.48. The average Bonchev–Trinajstić information content (AvgIpc) is 3.05. The second-order valence-corrected chi connectivity index (χ2v) is 6.53. The highest BCUT2D eigenvalue weighted by Gasteiger charge is 2.23. The van der Waals surface area contributed by atoms with Gasteiger partial charge in [-0.2, -0.15) is 0 Å². The minimum absolute atomic E-state index is 0.0348. The average molecular weight is 337 g/mol. The molecule has 0 atom stereocenters. The Bertz CT molecular complexity index is 908. The summed E-state index contributed by atoms with van der Waals surface area (Å²) in [5.41, 5.74) is 3.79. The molecular weight excluding hydrogens is 317 g/mol. The van der Waals surface area contributed by atoms with Crippen LogP contribution in [-0.4, -0.2) is 42.0 Å². The number of hydrogen-bond donors (Lipinski definition) is 1. The van der Waals surface area contributed by atoms with Gasteiger partial charge in [0.15, 0.2) is 0 Å². The van der Waals surface area contributed by atoms with Gasteiger partial charge in [0.1, 0.15) is 11.5 Å². The van der Waals surface area contributed by atoms with Gasteiger partial charge in [-0.25, -0.2) is 4.39 Å². The van der Waals surface area contributed by atoms with Gasteiger partial charge in [0.05, 0.1) is 0 Å². The van der Waals surface area contributed by atoms with Crippen LogP contribution in [0.1, 0.15) is 16.1 Å². The molecule has 2 aromatic carbocycles. The molecule has 1 aliphatic heterocycles. The lowest BCUT2D eigenvalue weighted by Gasteiger charge is -2.36. The zero-order valence-electron chi connectivity index (χ0n) is 14.1. The summed E-state index contributed by atoms with van der Waals surface area (Å²) in [6, 6.07) is 14.6. The highest BCUT2D eigenvalue weighted by molar-refractivity contribution is 5.98. The summed E-state index contributed by atoms with van der Waals surface area (Å²) in [5.74, 6) is -0.195. The Kier molecular flexibility index (Phi) is 3.92.